The van der Waals surface area contributed by atoms with Crippen LogP contribution in [0.5, 0.6) is 0 Å². The van der Waals surface area contributed by atoms with Crippen LogP contribution in [0.3, 0.4) is 0 Å². The van der Waals surface area contributed by atoms with Gasteiger partial charge in [-0.1, -0.05) is 17.7 Å². The van der Waals surface area contributed by atoms with Gasteiger partial charge >= 0.3 is 6.18 Å². The lowest BCUT2D eigenvalue weighted by atomic mass is 9.86. The number of hydrogen-bond donors (Lipinski definition) is 2. The van der Waals surface area contributed by atoms with Gasteiger partial charge in [-0.3, -0.25) is 4.79 Å². The van der Waals surface area contributed by atoms with E-state index in [-0.39, 0.29) is 16.6 Å². The largest absolute Gasteiger partial charge is 0.416 e. The van der Waals surface area contributed by atoms with Gasteiger partial charge in [-0.15, -0.1) is 0 Å². The second-order valence-corrected chi connectivity index (χ2v) is 7.84. The molecule has 4 nitrogen and oxygen atoms in total. The van der Waals surface area contributed by atoms with Crippen molar-refractivity contribution in [2.24, 2.45) is 5.92 Å². The minimum absolute atomic E-state index is 0.0130. The highest BCUT2D eigenvalue weighted by Gasteiger charge is 2.32. The van der Waals surface area contributed by atoms with Crippen molar-refractivity contribution in [1.29, 1.82) is 0 Å². The zero-order valence-electron chi connectivity index (χ0n) is 16.0. The molecule has 0 spiro atoms. The first-order valence-corrected chi connectivity index (χ1v) is 9.95. The molecule has 0 radical (unpaired) electrons. The number of pyridine rings is 1. The molecule has 0 saturated heterocycles. The molecule has 1 aliphatic carbocycles. The van der Waals surface area contributed by atoms with Crippen molar-refractivity contribution < 1.29 is 18.0 Å². The first-order valence-electron chi connectivity index (χ1n) is 9.57. The molecule has 1 aromatic heterocycles. The maximum atomic E-state index is 12.9. The fourth-order valence-corrected chi connectivity index (χ4v) is 3.74. The predicted octanol–water partition coefficient (Wildman–Crippen LogP) is 5.46. The van der Waals surface area contributed by atoms with E-state index < -0.39 is 17.6 Å². The SMILES string of the molecule is Cc1cccc(NC[C@H]2CC[C@H](NC(=O)c3cc(C(F)(F)F)ccc3Cl)CC2)n1. The number of nitrogens with one attached hydrogen (secondary N) is 2. The monoisotopic (exact) mass is 425 g/mol. The van der Waals surface area contributed by atoms with Crippen LogP contribution in [0.15, 0.2) is 36.4 Å². The van der Waals surface area contributed by atoms with E-state index in [4.69, 9.17) is 11.6 Å². The van der Waals surface area contributed by atoms with Gasteiger partial charge in [-0.05, 0) is 68.9 Å². The van der Waals surface area contributed by atoms with Gasteiger partial charge in [0.1, 0.15) is 5.82 Å². The van der Waals surface area contributed by atoms with E-state index in [0.29, 0.717) is 5.92 Å². The fourth-order valence-electron chi connectivity index (χ4n) is 3.54. The molecule has 8 heteroatoms. The van der Waals surface area contributed by atoms with Crippen LogP contribution in [-0.4, -0.2) is 23.5 Å². The van der Waals surface area contributed by atoms with Gasteiger partial charge in [0.05, 0.1) is 16.1 Å². The number of halogens is 4. The highest BCUT2D eigenvalue weighted by molar-refractivity contribution is 6.33. The van der Waals surface area contributed by atoms with Crippen LogP contribution >= 0.6 is 11.6 Å². The standard InChI is InChI=1S/C21H23ClF3N3O/c1-13-3-2-4-19(27-13)26-12-14-5-8-16(9-6-14)28-20(29)17-11-15(21(23,24)25)7-10-18(17)22/h2-4,7,10-11,14,16H,5-6,8-9,12H2,1H3,(H,26,27)(H,28,29)/t14-,16-. The lowest BCUT2D eigenvalue weighted by molar-refractivity contribution is -0.137. The smallest absolute Gasteiger partial charge is 0.370 e. The van der Waals surface area contributed by atoms with Gasteiger partial charge in [0, 0.05) is 18.3 Å². The maximum absolute atomic E-state index is 12.9. The second kappa shape index (κ2) is 9.03. The Hall–Kier alpha value is -2.28. The molecule has 0 atom stereocenters. The van der Waals surface area contributed by atoms with E-state index in [1.807, 2.05) is 25.1 Å². The van der Waals surface area contributed by atoms with Gasteiger partial charge in [0.2, 0.25) is 0 Å². The predicted molar refractivity (Wildman–Crippen MR) is 107 cm³/mol. The number of carbonyl (C=O) groups is 1. The molecule has 1 saturated carbocycles. The van der Waals surface area contributed by atoms with Gasteiger partial charge in [-0.25, -0.2) is 4.98 Å². The van der Waals surface area contributed by atoms with E-state index in [1.165, 1.54) is 0 Å². The molecule has 3 rings (SSSR count). The van der Waals surface area contributed by atoms with Crippen molar-refractivity contribution in [2.75, 3.05) is 11.9 Å². The van der Waals surface area contributed by atoms with E-state index >= 15 is 0 Å². The maximum Gasteiger partial charge on any atom is 0.416 e. The lowest BCUT2D eigenvalue weighted by Crippen LogP contribution is -2.38. The Kier molecular flexibility index (Phi) is 6.67. The Morgan fingerprint density at radius 1 is 1.17 bits per heavy atom. The number of amides is 1. The zero-order valence-corrected chi connectivity index (χ0v) is 16.8. The first-order chi connectivity index (χ1) is 13.7. The topological polar surface area (TPSA) is 54.0 Å². The van der Waals surface area contributed by atoms with E-state index in [9.17, 15) is 18.0 Å². The molecule has 156 valence electrons. The number of nitrogens with zero attached hydrogens (tertiary/aromatic N) is 1. The summed E-state index contributed by atoms with van der Waals surface area (Å²) in [6, 6.07) is 8.55. The summed E-state index contributed by atoms with van der Waals surface area (Å²) in [5, 5.41) is 6.19. The summed E-state index contributed by atoms with van der Waals surface area (Å²) < 4.78 is 38.7. The highest BCUT2D eigenvalue weighted by atomic mass is 35.5. The average molecular weight is 426 g/mol. The number of alkyl halides is 3. The third-order valence-electron chi connectivity index (χ3n) is 5.18. The lowest BCUT2D eigenvalue weighted by Gasteiger charge is -2.29. The van der Waals surface area contributed by atoms with Crippen LogP contribution in [-0.2, 0) is 6.18 Å². The fraction of sp³-hybridized carbons (Fsp3) is 0.429. The molecule has 0 aliphatic heterocycles. The molecule has 1 aliphatic rings. The molecule has 0 bridgehead atoms. The molecule has 2 aromatic rings. The van der Waals surface area contributed by atoms with E-state index in [1.54, 1.807) is 0 Å². The average Bonchev–Trinajstić information content (AvgIpc) is 2.67. The minimum atomic E-state index is -4.52. The molecule has 29 heavy (non-hydrogen) atoms. The second-order valence-electron chi connectivity index (χ2n) is 7.43. The molecule has 1 amide bonds. The van der Waals surface area contributed by atoms with Crippen LogP contribution in [0.25, 0.3) is 0 Å². The summed E-state index contributed by atoms with van der Waals surface area (Å²) in [5.41, 5.74) is -0.0722. The van der Waals surface area contributed by atoms with Crippen molar-refractivity contribution in [3.63, 3.8) is 0 Å². The number of anilines is 1. The minimum Gasteiger partial charge on any atom is -0.370 e. The molecular formula is C21H23ClF3N3O. The van der Waals surface area contributed by atoms with Crippen molar-refractivity contribution >= 4 is 23.3 Å². The van der Waals surface area contributed by atoms with Crippen molar-refractivity contribution in [3.8, 4) is 0 Å². The van der Waals surface area contributed by atoms with Crippen LogP contribution in [0.2, 0.25) is 5.02 Å². The molecule has 1 fully saturated rings. The van der Waals surface area contributed by atoms with Crippen molar-refractivity contribution in [2.45, 2.75) is 44.8 Å². The zero-order chi connectivity index (χ0) is 21.0. The summed E-state index contributed by atoms with van der Waals surface area (Å²) in [7, 11) is 0. The van der Waals surface area contributed by atoms with Gasteiger partial charge in [0.25, 0.3) is 5.91 Å². The molecule has 0 unspecified atom stereocenters. The number of aromatic nitrogens is 1. The van der Waals surface area contributed by atoms with Crippen LogP contribution < -0.4 is 10.6 Å². The molecule has 1 aromatic carbocycles. The van der Waals surface area contributed by atoms with Crippen molar-refractivity contribution in [3.05, 3.63) is 58.2 Å². The van der Waals surface area contributed by atoms with Crippen LogP contribution in [0, 0.1) is 12.8 Å². The third kappa shape index (κ3) is 5.85. The van der Waals surface area contributed by atoms with Crippen molar-refractivity contribution in [1.82, 2.24) is 10.3 Å². The Morgan fingerprint density at radius 2 is 1.90 bits per heavy atom. The molecule has 1 heterocycles. The van der Waals surface area contributed by atoms with Gasteiger partial charge in [-0.2, -0.15) is 13.2 Å². The first kappa shape index (κ1) is 21.4. The number of aryl methyl sites for hydroxylation is 1. The number of carbonyl (C=O) groups excluding carboxylic acids is 1. The third-order valence-corrected chi connectivity index (χ3v) is 5.51. The van der Waals surface area contributed by atoms with Crippen LogP contribution in [0.1, 0.15) is 47.3 Å². The molecular weight excluding hydrogens is 403 g/mol. The summed E-state index contributed by atoms with van der Waals surface area (Å²) in [4.78, 5) is 16.9. The Bertz CT molecular complexity index is 864. The Morgan fingerprint density at radius 3 is 2.55 bits per heavy atom. The highest BCUT2D eigenvalue weighted by Crippen LogP contribution is 2.32. The normalized spacial score (nSPS) is 19.6. The number of hydrogen-bond acceptors (Lipinski definition) is 3. The van der Waals surface area contributed by atoms with Crippen LogP contribution in [0.4, 0.5) is 19.0 Å². The summed E-state index contributed by atoms with van der Waals surface area (Å²) >= 11 is 5.95. The summed E-state index contributed by atoms with van der Waals surface area (Å²) in [6.07, 6.45) is -1.14. The number of benzene rings is 1. The van der Waals surface area contributed by atoms with E-state index in [2.05, 4.69) is 15.6 Å². The van der Waals surface area contributed by atoms with E-state index in [0.717, 1.165) is 61.9 Å². The molecule has 2 N–H and O–H groups in total. The summed E-state index contributed by atoms with van der Waals surface area (Å²) in [6.45, 7) is 2.74. The quantitative estimate of drug-likeness (QED) is 0.668. The Labute approximate surface area is 172 Å². The number of rotatable bonds is 5. The summed E-state index contributed by atoms with van der Waals surface area (Å²) in [5.74, 6) is 0.744. The Balaban J connectivity index is 1.51. The van der Waals surface area contributed by atoms with Gasteiger partial charge < -0.3 is 10.6 Å². The van der Waals surface area contributed by atoms with Gasteiger partial charge in [0.15, 0.2) is 0 Å².